The molecule has 4 rings (SSSR count). The standard InChI is InChI=1S/C22H26FN3O4/c23-16-2-1-3-17(13-16)30-19-14-18(21(22(19)28)26-8-10-29-11-9-26)25-20(27)12-15-4-6-24-7-5-15/h1-7,13,18-19,21-22,28H,8-12,14H2,(H,25,27)/t18-,19-,21+,22+/m1/s1. The van der Waals surface area contributed by atoms with Crippen LogP contribution in [-0.2, 0) is 16.0 Å². The van der Waals surface area contributed by atoms with Crippen LogP contribution in [0, 0.1) is 5.82 Å². The summed E-state index contributed by atoms with van der Waals surface area (Å²) in [6.07, 6.45) is 2.61. The van der Waals surface area contributed by atoms with Gasteiger partial charge in [-0.15, -0.1) is 0 Å². The number of amides is 1. The van der Waals surface area contributed by atoms with E-state index in [1.54, 1.807) is 36.7 Å². The van der Waals surface area contributed by atoms with Crippen molar-refractivity contribution in [2.45, 2.75) is 37.1 Å². The number of hydrogen-bond donors (Lipinski definition) is 2. The van der Waals surface area contributed by atoms with Crippen molar-refractivity contribution in [2.75, 3.05) is 26.3 Å². The van der Waals surface area contributed by atoms with Crippen LogP contribution in [0.4, 0.5) is 4.39 Å². The molecule has 2 aliphatic rings. The summed E-state index contributed by atoms with van der Waals surface area (Å²) >= 11 is 0. The van der Waals surface area contributed by atoms with Crippen LogP contribution in [0.5, 0.6) is 5.75 Å². The molecule has 7 nitrogen and oxygen atoms in total. The Labute approximate surface area is 174 Å². The molecule has 1 amide bonds. The number of aromatic nitrogens is 1. The zero-order valence-electron chi connectivity index (χ0n) is 16.6. The average Bonchev–Trinajstić information content (AvgIpc) is 3.04. The zero-order chi connectivity index (χ0) is 20.9. The molecule has 4 atom stereocenters. The third-order valence-electron chi connectivity index (χ3n) is 5.64. The number of hydrogen-bond acceptors (Lipinski definition) is 6. The average molecular weight is 415 g/mol. The summed E-state index contributed by atoms with van der Waals surface area (Å²) in [5.41, 5.74) is 0.872. The Kier molecular flexibility index (Phi) is 6.56. The van der Waals surface area contributed by atoms with Crippen LogP contribution in [0.25, 0.3) is 0 Å². The van der Waals surface area contributed by atoms with Gasteiger partial charge in [0.05, 0.1) is 31.7 Å². The monoisotopic (exact) mass is 415 g/mol. The van der Waals surface area contributed by atoms with E-state index in [-0.39, 0.29) is 24.4 Å². The van der Waals surface area contributed by atoms with Crippen LogP contribution in [0.15, 0.2) is 48.8 Å². The number of carbonyl (C=O) groups excluding carboxylic acids is 1. The Morgan fingerprint density at radius 3 is 2.77 bits per heavy atom. The van der Waals surface area contributed by atoms with Gasteiger partial charge in [-0.05, 0) is 29.8 Å². The van der Waals surface area contributed by atoms with Crippen LogP contribution >= 0.6 is 0 Å². The highest BCUT2D eigenvalue weighted by Gasteiger charge is 2.47. The zero-order valence-corrected chi connectivity index (χ0v) is 16.6. The van der Waals surface area contributed by atoms with E-state index in [4.69, 9.17) is 9.47 Å². The van der Waals surface area contributed by atoms with Gasteiger partial charge >= 0.3 is 0 Å². The fourth-order valence-corrected chi connectivity index (χ4v) is 4.25. The van der Waals surface area contributed by atoms with E-state index in [0.717, 1.165) is 5.56 Å². The van der Waals surface area contributed by atoms with Crippen LogP contribution in [0.2, 0.25) is 0 Å². The lowest BCUT2D eigenvalue weighted by Gasteiger charge is -2.37. The molecule has 0 spiro atoms. The lowest BCUT2D eigenvalue weighted by atomic mass is 10.1. The predicted octanol–water partition coefficient (Wildman–Crippen LogP) is 1.16. The third-order valence-corrected chi connectivity index (χ3v) is 5.64. The number of aliphatic hydroxyl groups is 1. The number of nitrogens with zero attached hydrogens (tertiary/aromatic N) is 2. The molecule has 1 aliphatic heterocycles. The van der Waals surface area contributed by atoms with Gasteiger partial charge in [-0.25, -0.2) is 4.39 Å². The Bertz CT molecular complexity index is 847. The summed E-state index contributed by atoms with van der Waals surface area (Å²) in [6, 6.07) is 8.90. The van der Waals surface area contributed by atoms with Crippen molar-refractivity contribution < 1.29 is 23.8 Å². The van der Waals surface area contributed by atoms with Crippen molar-refractivity contribution in [3.8, 4) is 5.75 Å². The van der Waals surface area contributed by atoms with E-state index in [2.05, 4.69) is 15.2 Å². The van der Waals surface area contributed by atoms with Crippen molar-refractivity contribution in [1.29, 1.82) is 0 Å². The van der Waals surface area contributed by atoms with Gasteiger partial charge in [0, 0.05) is 38.0 Å². The second-order valence-corrected chi connectivity index (χ2v) is 7.69. The Hall–Kier alpha value is -2.55. The summed E-state index contributed by atoms with van der Waals surface area (Å²) in [4.78, 5) is 18.8. The Morgan fingerprint density at radius 1 is 1.27 bits per heavy atom. The predicted molar refractivity (Wildman–Crippen MR) is 107 cm³/mol. The molecule has 8 heteroatoms. The number of benzene rings is 1. The summed E-state index contributed by atoms with van der Waals surface area (Å²) in [7, 11) is 0. The van der Waals surface area contributed by atoms with Crippen molar-refractivity contribution in [1.82, 2.24) is 15.2 Å². The molecule has 1 aromatic carbocycles. The smallest absolute Gasteiger partial charge is 0.224 e. The van der Waals surface area contributed by atoms with E-state index in [1.165, 1.54) is 12.1 Å². The molecule has 2 heterocycles. The van der Waals surface area contributed by atoms with Gasteiger partial charge in [0.2, 0.25) is 5.91 Å². The molecule has 0 bridgehead atoms. The molecular weight excluding hydrogens is 389 g/mol. The quantitative estimate of drug-likeness (QED) is 0.737. The molecule has 0 radical (unpaired) electrons. The maximum absolute atomic E-state index is 13.5. The van der Waals surface area contributed by atoms with Crippen molar-refractivity contribution >= 4 is 5.91 Å². The van der Waals surface area contributed by atoms with Gasteiger partial charge in [0.25, 0.3) is 0 Å². The van der Waals surface area contributed by atoms with Crippen LogP contribution < -0.4 is 10.1 Å². The molecule has 30 heavy (non-hydrogen) atoms. The summed E-state index contributed by atoms with van der Waals surface area (Å²) in [5.74, 6) is -0.154. The molecule has 1 saturated carbocycles. The molecule has 2 fully saturated rings. The first-order chi connectivity index (χ1) is 14.6. The minimum atomic E-state index is -0.822. The Balaban J connectivity index is 1.47. The molecular formula is C22H26FN3O4. The number of aliphatic hydroxyl groups excluding tert-OH is 1. The van der Waals surface area contributed by atoms with Crippen molar-refractivity contribution in [3.05, 3.63) is 60.2 Å². The van der Waals surface area contributed by atoms with E-state index in [9.17, 15) is 14.3 Å². The lowest BCUT2D eigenvalue weighted by Crippen LogP contribution is -2.56. The minimum Gasteiger partial charge on any atom is -0.487 e. The van der Waals surface area contributed by atoms with Gasteiger partial charge in [0.1, 0.15) is 23.8 Å². The molecule has 2 N–H and O–H groups in total. The SMILES string of the molecule is O=C(Cc1ccncc1)N[C@@H]1C[C@@H](Oc2cccc(F)c2)[C@H](O)[C@H]1N1CCOCC1. The van der Waals surface area contributed by atoms with E-state index in [0.29, 0.717) is 38.5 Å². The first kappa shape index (κ1) is 20.7. The number of pyridine rings is 1. The van der Waals surface area contributed by atoms with Gasteiger partial charge in [-0.1, -0.05) is 6.07 Å². The van der Waals surface area contributed by atoms with Crippen molar-refractivity contribution in [3.63, 3.8) is 0 Å². The number of nitrogens with one attached hydrogen (secondary N) is 1. The number of carbonyl (C=O) groups is 1. The van der Waals surface area contributed by atoms with Gasteiger partial charge in [-0.3, -0.25) is 14.7 Å². The van der Waals surface area contributed by atoms with Crippen LogP contribution in [-0.4, -0.2) is 71.5 Å². The van der Waals surface area contributed by atoms with Gasteiger partial charge in [0.15, 0.2) is 0 Å². The first-order valence-corrected chi connectivity index (χ1v) is 10.2. The summed E-state index contributed by atoms with van der Waals surface area (Å²) in [6.45, 7) is 2.50. The van der Waals surface area contributed by atoms with E-state index >= 15 is 0 Å². The molecule has 160 valence electrons. The minimum absolute atomic E-state index is 0.122. The maximum Gasteiger partial charge on any atom is 0.224 e. The number of rotatable bonds is 6. The maximum atomic E-state index is 13.5. The van der Waals surface area contributed by atoms with Crippen LogP contribution in [0.1, 0.15) is 12.0 Å². The number of ether oxygens (including phenoxy) is 2. The highest BCUT2D eigenvalue weighted by Crippen LogP contribution is 2.30. The molecule has 2 aromatic rings. The van der Waals surface area contributed by atoms with E-state index in [1.807, 2.05) is 0 Å². The fourth-order valence-electron chi connectivity index (χ4n) is 4.25. The molecule has 1 saturated heterocycles. The number of morpholine rings is 1. The second kappa shape index (κ2) is 9.51. The number of halogens is 1. The summed E-state index contributed by atoms with van der Waals surface area (Å²) < 4.78 is 24.9. The van der Waals surface area contributed by atoms with Crippen LogP contribution in [0.3, 0.4) is 0 Å². The van der Waals surface area contributed by atoms with E-state index < -0.39 is 18.0 Å². The third kappa shape index (κ3) is 4.95. The van der Waals surface area contributed by atoms with Gasteiger partial charge < -0.3 is 19.9 Å². The lowest BCUT2D eigenvalue weighted by molar-refractivity contribution is -0.121. The molecule has 1 aromatic heterocycles. The second-order valence-electron chi connectivity index (χ2n) is 7.69. The largest absolute Gasteiger partial charge is 0.487 e. The van der Waals surface area contributed by atoms with Gasteiger partial charge in [-0.2, -0.15) is 0 Å². The molecule has 1 aliphatic carbocycles. The Morgan fingerprint density at radius 2 is 2.03 bits per heavy atom. The topological polar surface area (TPSA) is 83.9 Å². The first-order valence-electron chi connectivity index (χ1n) is 10.2. The normalized spacial score (nSPS) is 27.0. The van der Waals surface area contributed by atoms with Crippen molar-refractivity contribution in [2.24, 2.45) is 0 Å². The highest BCUT2D eigenvalue weighted by atomic mass is 19.1. The summed E-state index contributed by atoms with van der Waals surface area (Å²) in [5, 5.41) is 14.1. The fraction of sp³-hybridized carbons (Fsp3) is 0.455. The molecule has 0 unspecified atom stereocenters. The highest BCUT2D eigenvalue weighted by molar-refractivity contribution is 5.79.